The van der Waals surface area contributed by atoms with Crippen molar-refractivity contribution < 1.29 is 19.4 Å². The van der Waals surface area contributed by atoms with Crippen molar-refractivity contribution in [2.24, 2.45) is 5.92 Å². The van der Waals surface area contributed by atoms with E-state index >= 15 is 0 Å². The first-order chi connectivity index (χ1) is 9.77. The number of aliphatic carboxylic acids is 1. The third-order valence-corrected chi connectivity index (χ3v) is 3.30. The van der Waals surface area contributed by atoms with Crippen LogP contribution in [0.1, 0.15) is 30.8 Å². The molecule has 0 saturated heterocycles. The summed E-state index contributed by atoms with van der Waals surface area (Å²) in [4.78, 5) is 38.3. The number of carboxylic acid groups (broad SMARTS) is 1. The number of esters is 1. The highest BCUT2D eigenvalue weighted by molar-refractivity contribution is 5.70. The standard InChI is InChI=1S/C14H20N2O5/c1-5-21-12(17)7-16-10(4)11(6-8(2)13(18)19)9(3)15-14(16)20/h8H,5-7H2,1-4H3,(H,18,19). The molecule has 21 heavy (non-hydrogen) atoms. The lowest BCUT2D eigenvalue weighted by atomic mass is 9.99. The maximum absolute atomic E-state index is 11.9. The van der Waals surface area contributed by atoms with E-state index in [2.05, 4.69) is 4.98 Å². The number of hydrogen-bond acceptors (Lipinski definition) is 5. The summed E-state index contributed by atoms with van der Waals surface area (Å²) in [6, 6.07) is 0. The second-order valence-corrected chi connectivity index (χ2v) is 4.88. The maximum Gasteiger partial charge on any atom is 0.348 e. The molecule has 1 aromatic heterocycles. The van der Waals surface area contributed by atoms with Gasteiger partial charge in [-0.25, -0.2) is 4.79 Å². The van der Waals surface area contributed by atoms with Gasteiger partial charge in [0.15, 0.2) is 0 Å². The molecular weight excluding hydrogens is 276 g/mol. The van der Waals surface area contributed by atoms with Crippen LogP contribution in [0.25, 0.3) is 0 Å². The summed E-state index contributed by atoms with van der Waals surface area (Å²) in [5, 5.41) is 9.00. The normalized spacial score (nSPS) is 12.0. The van der Waals surface area contributed by atoms with E-state index in [-0.39, 0.29) is 19.6 Å². The molecule has 1 rings (SSSR count). The van der Waals surface area contributed by atoms with Crippen molar-refractivity contribution in [2.75, 3.05) is 6.61 Å². The minimum absolute atomic E-state index is 0.222. The molecule has 0 fully saturated rings. The van der Waals surface area contributed by atoms with Crippen molar-refractivity contribution in [3.63, 3.8) is 0 Å². The summed E-state index contributed by atoms with van der Waals surface area (Å²) < 4.78 is 6.04. The summed E-state index contributed by atoms with van der Waals surface area (Å²) in [6.07, 6.45) is 0.253. The van der Waals surface area contributed by atoms with Crippen LogP contribution < -0.4 is 5.69 Å². The zero-order valence-corrected chi connectivity index (χ0v) is 12.7. The Hall–Kier alpha value is -2.18. The van der Waals surface area contributed by atoms with Gasteiger partial charge >= 0.3 is 17.6 Å². The van der Waals surface area contributed by atoms with Gasteiger partial charge in [-0.05, 0) is 32.8 Å². The average Bonchev–Trinajstić information content (AvgIpc) is 2.39. The molecule has 0 aromatic carbocycles. The maximum atomic E-state index is 11.9. The van der Waals surface area contributed by atoms with E-state index in [1.54, 1.807) is 27.7 Å². The Kier molecular flexibility index (Phi) is 5.63. The highest BCUT2D eigenvalue weighted by atomic mass is 16.5. The van der Waals surface area contributed by atoms with E-state index in [0.717, 1.165) is 0 Å². The molecule has 7 nitrogen and oxygen atoms in total. The first-order valence-corrected chi connectivity index (χ1v) is 6.73. The zero-order valence-electron chi connectivity index (χ0n) is 12.7. The van der Waals surface area contributed by atoms with Crippen molar-refractivity contribution in [3.05, 3.63) is 27.4 Å². The topological polar surface area (TPSA) is 98.5 Å². The highest BCUT2D eigenvalue weighted by Gasteiger charge is 2.19. The van der Waals surface area contributed by atoms with E-state index < -0.39 is 23.5 Å². The van der Waals surface area contributed by atoms with Gasteiger partial charge in [-0.1, -0.05) is 6.92 Å². The van der Waals surface area contributed by atoms with Crippen LogP contribution in [0.3, 0.4) is 0 Å². The Bertz CT molecular complexity index is 606. The van der Waals surface area contributed by atoms with Crippen LogP contribution in [0.4, 0.5) is 0 Å². The fourth-order valence-electron chi connectivity index (χ4n) is 2.05. The van der Waals surface area contributed by atoms with Gasteiger partial charge in [0.2, 0.25) is 0 Å². The van der Waals surface area contributed by atoms with E-state index in [9.17, 15) is 14.4 Å². The predicted octanol–water partition coefficient (Wildman–Crippen LogP) is 0.686. The predicted molar refractivity (Wildman–Crippen MR) is 75.1 cm³/mol. The smallest absolute Gasteiger partial charge is 0.348 e. The monoisotopic (exact) mass is 296 g/mol. The number of rotatable bonds is 6. The number of nitrogens with zero attached hydrogens (tertiary/aromatic N) is 2. The summed E-state index contributed by atoms with van der Waals surface area (Å²) in [6.45, 7) is 6.62. The Balaban J connectivity index is 3.19. The second kappa shape index (κ2) is 7.01. The third-order valence-electron chi connectivity index (χ3n) is 3.30. The Morgan fingerprint density at radius 3 is 2.52 bits per heavy atom. The van der Waals surface area contributed by atoms with Crippen molar-refractivity contribution in [2.45, 2.75) is 40.7 Å². The molecule has 1 atom stereocenters. The van der Waals surface area contributed by atoms with Crippen molar-refractivity contribution in [1.82, 2.24) is 9.55 Å². The lowest BCUT2D eigenvalue weighted by Crippen LogP contribution is -2.32. The number of hydrogen-bond donors (Lipinski definition) is 1. The number of carboxylic acids is 1. The minimum atomic E-state index is -0.919. The van der Waals surface area contributed by atoms with E-state index in [1.807, 2.05) is 0 Å². The average molecular weight is 296 g/mol. The molecule has 116 valence electrons. The summed E-state index contributed by atoms with van der Waals surface area (Å²) in [5.41, 5.74) is 1.18. The van der Waals surface area contributed by atoms with Crippen molar-refractivity contribution >= 4 is 11.9 Å². The van der Waals surface area contributed by atoms with Gasteiger partial charge in [-0.3, -0.25) is 14.2 Å². The van der Waals surface area contributed by atoms with Crippen LogP contribution in [0, 0.1) is 19.8 Å². The van der Waals surface area contributed by atoms with Crippen molar-refractivity contribution in [3.8, 4) is 0 Å². The molecule has 1 N–H and O–H groups in total. The Morgan fingerprint density at radius 1 is 1.38 bits per heavy atom. The van der Waals surface area contributed by atoms with Gasteiger partial charge in [-0.15, -0.1) is 0 Å². The first-order valence-electron chi connectivity index (χ1n) is 6.73. The molecule has 0 aliphatic rings. The van der Waals surface area contributed by atoms with Crippen molar-refractivity contribution in [1.29, 1.82) is 0 Å². The van der Waals surface area contributed by atoms with Crippen LogP contribution in [-0.4, -0.2) is 33.2 Å². The van der Waals surface area contributed by atoms with Gasteiger partial charge < -0.3 is 9.84 Å². The summed E-state index contributed by atoms with van der Waals surface area (Å²) >= 11 is 0. The van der Waals surface area contributed by atoms with Crippen LogP contribution in [0.5, 0.6) is 0 Å². The second-order valence-electron chi connectivity index (χ2n) is 4.88. The van der Waals surface area contributed by atoms with Gasteiger partial charge in [-0.2, -0.15) is 4.98 Å². The molecule has 1 unspecified atom stereocenters. The number of carbonyl (C=O) groups is 2. The molecule has 0 saturated carbocycles. The fraction of sp³-hybridized carbons (Fsp3) is 0.571. The number of ether oxygens (including phenoxy) is 1. The van der Waals surface area contributed by atoms with E-state index in [4.69, 9.17) is 9.84 Å². The van der Waals surface area contributed by atoms with Gasteiger partial charge in [0, 0.05) is 11.4 Å². The molecule has 7 heteroatoms. The number of carbonyl (C=O) groups excluding carboxylic acids is 1. The van der Waals surface area contributed by atoms with Gasteiger partial charge in [0.05, 0.1) is 12.5 Å². The largest absolute Gasteiger partial charge is 0.481 e. The first kappa shape index (κ1) is 16.9. The van der Waals surface area contributed by atoms with Gasteiger partial charge in [0.1, 0.15) is 6.54 Å². The van der Waals surface area contributed by atoms with Crippen LogP contribution in [-0.2, 0) is 27.3 Å². The van der Waals surface area contributed by atoms with Crippen LogP contribution in [0.2, 0.25) is 0 Å². The third kappa shape index (κ3) is 4.14. The summed E-state index contributed by atoms with van der Waals surface area (Å²) in [5.74, 6) is -2.04. The fourth-order valence-corrected chi connectivity index (χ4v) is 2.05. The lowest BCUT2D eigenvalue weighted by molar-refractivity contribution is -0.144. The minimum Gasteiger partial charge on any atom is -0.481 e. The number of aryl methyl sites for hydroxylation is 1. The molecule has 1 heterocycles. The number of aromatic nitrogens is 2. The lowest BCUT2D eigenvalue weighted by Gasteiger charge is -2.16. The highest BCUT2D eigenvalue weighted by Crippen LogP contribution is 2.15. The van der Waals surface area contributed by atoms with E-state index in [1.165, 1.54) is 4.57 Å². The SMILES string of the molecule is CCOC(=O)Cn1c(C)c(CC(C)C(=O)O)c(C)nc1=O. The van der Waals surface area contributed by atoms with Crippen LogP contribution >= 0.6 is 0 Å². The molecule has 0 aliphatic carbocycles. The molecule has 1 aromatic rings. The molecule has 0 bridgehead atoms. The van der Waals surface area contributed by atoms with Crippen LogP contribution in [0.15, 0.2) is 4.79 Å². The zero-order chi connectivity index (χ0) is 16.2. The molecule has 0 spiro atoms. The quantitative estimate of drug-likeness (QED) is 0.775. The summed E-state index contributed by atoms with van der Waals surface area (Å²) in [7, 11) is 0. The Morgan fingerprint density at radius 2 is 2.00 bits per heavy atom. The Labute approximate surface area is 122 Å². The molecule has 0 amide bonds. The van der Waals surface area contributed by atoms with E-state index in [0.29, 0.717) is 17.0 Å². The molecule has 0 aliphatic heterocycles. The van der Waals surface area contributed by atoms with Gasteiger partial charge in [0.25, 0.3) is 0 Å². The molecular formula is C14H20N2O5. The molecule has 0 radical (unpaired) electrons.